The Hall–Kier alpha value is -1.11. The standard InChI is InChI=1S/C18H31F3N6O.HI/c1-17(2,3)15-25-14(26-28-15)11-24-16(22-4)23-8-5-13-6-9-27(10-7-13)12-18(19,20)21;/h13H,5-12H2,1-4H3,(H2,22,23,24);1H. The van der Waals surface area contributed by atoms with Gasteiger partial charge in [0.2, 0.25) is 5.89 Å². The molecule has 2 heterocycles. The van der Waals surface area contributed by atoms with Crippen LogP contribution in [0.3, 0.4) is 0 Å². The summed E-state index contributed by atoms with van der Waals surface area (Å²) in [6.45, 7) is 7.33. The first kappa shape index (κ1) is 25.9. The van der Waals surface area contributed by atoms with E-state index in [0.29, 0.717) is 49.8 Å². The molecular formula is C18H32F3IN6O. The number of halogens is 4. The van der Waals surface area contributed by atoms with Crippen molar-refractivity contribution in [3.63, 3.8) is 0 Å². The van der Waals surface area contributed by atoms with E-state index in [1.807, 2.05) is 20.8 Å². The summed E-state index contributed by atoms with van der Waals surface area (Å²) in [5.74, 6) is 2.22. The monoisotopic (exact) mass is 532 g/mol. The first-order valence-corrected chi connectivity index (χ1v) is 9.63. The van der Waals surface area contributed by atoms with Gasteiger partial charge in [-0.2, -0.15) is 18.2 Å². The van der Waals surface area contributed by atoms with E-state index in [0.717, 1.165) is 19.3 Å². The Morgan fingerprint density at radius 1 is 1.21 bits per heavy atom. The molecule has 0 unspecified atom stereocenters. The van der Waals surface area contributed by atoms with E-state index >= 15 is 0 Å². The van der Waals surface area contributed by atoms with Crippen molar-refractivity contribution in [2.45, 2.75) is 58.2 Å². The van der Waals surface area contributed by atoms with Gasteiger partial charge in [0.15, 0.2) is 11.8 Å². The molecule has 0 atom stereocenters. The molecule has 11 heteroatoms. The molecular weight excluding hydrogens is 500 g/mol. The predicted octanol–water partition coefficient (Wildman–Crippen LogP) is 3.31. The molecule has 0 bridgehead atoms. The molecule has 0 spiro atoms. The summed E-state index contributed by atoms with van der Waals surface area (Å²) >= 11 is 0. The fourth-order valence-corrected chi connectivity index (χ4v) is 3.10. The summed E-state index contributed by atoms with van der Waals surface area (Å²) in [5, 5.41) is 10.3. The highest BCUT2D eigenvalue weighted by atomic mass is 127. The van der Waals surface area contributed by atoms with Gasteiger partial charge in [-0.05, 0) is 38.3 Å². The number of aromatic nitrogens is 2. The number of likely N-dealkylation sites (tertiary alicyclic amines) is 1. The van der Waals surface area contributed by atoms with Crippen LogP contribution in [0.2, 0.25) is 0 Å². The van der Waals surface area contributed by atoms with Crippen LogP contribution in [0.25, 0.3) is 0 Å². The molecule has 2 rings (SSSR count). The largest absolute Gasteiger partial charge is 0.401 e. The highest BCUT2D eigenvalue weighted by Gasteiger charge is 2.32. The van der Waals surface area contributed by atoms with Crippen LogP contribution in [0.15, 0.2) is 9.52 Å². The summed E-state index contributed by atoms with van der Waals surface area (Å²) in [6.07, 6.45) is -1.62. The first-order valence-electron chi connectivity index (χ1n) is 9.63. The Kier molecular flexibility index (Phi) is 10.1. The lowest BCUT2D eigenvalue weighted by Crippen LogP contribution is -2.41. The molecule has 0 radical (unpaired) electrons. The van der Waals surface area contributed by atoms with Crippen LogP contribution >= 0.6 is 24.0 Å². The molecule has 1 aliphatic heterocycles. The number of nitrogens with one attached hydrogen (secondary N) is 2. The number of guanidine groups is 1. The third kappa shape index (κ3) is 9.49. The summed E-state index contributed by atoms with van der Waals surface area (Å²) in [5.41, 5.74) is -0.194. The predicted molar refractivity (Wildman–Crippen MR) is 116 cm³/mol. The van der Waals surface area contributed by atoms with E-state index in [9.17, 15) is 13.2 Å². The minimum absolute atomic E-state index is 0. The molecule has 2 N–H and O–H groups in total. The lowest BCUT2D eigenvalue weighted by Gasteiger charge is -2.32. The number of hydrogen-bond acceptors (Lipinski definition) is 5. The summed E-state index contributed by atoms with van der Waals surface area (Å²) in [7, 11) is 1.68. The number of piperidine rings is 1. The van der Waals surface area contributed by atoms with Gasteiger partial charge in [-0.25, -0.2) is 0 Å². The van der Waals surface area contributed by atoms with Gasteiger partial charge in [-0.15, -0.1) is 24.0 Å². The van der Waals surface area contributed by atoms with Crippen LogP contribution in [0.4, 0.5) is 13.2 Å². The van der Waals surface area contributed by atoms with Gasteiger partial charge >= 0.3 is 6.18 Å². The molecule has 7 nitrogen and oxygen atoms in total. The fraction of sp³-hybridized carbons (Fsp3) is 0.833. The van der Waals surface area contributed by atoms with E-state index in [4.69, 9.17) is 4.52 Å². The zero-order valence-corrected chi connectivity index (χ0v) is 19.8. The van der Waals surface area contributed by atoms with Crippen molar-refractivity contribution in [2.75, 3.05) is 33.2 Å². The third-order valence-electron chi connectivity index (χ3n) is 4.70. The van der Waals surface area contributed by atoms with Crippen molar-refractivity contribution in [1.29, 1.82) is 0 Å². The van der Waals surface area contributed by atoms with Crippen molar-refractivity contribution in [2.24, 2.45) is 10.9 Å². The second-order valence-corrected chi connectivity index (χ2v) is 8.24. The zero-order chi connectivity index (χ0) is 20.8. The number of alkyl halides is 3. The SMILES string of the molecule is CN=C(NCCC1CCN(CC(F)(F)F)CC1)NCc1noc(C(C)(C)C)n1.I. The molecule has 1 fully saturated rings. The van der Waals surface area contributed by atoms with Crippen LogP contribution in [0.1, 0.15) is 51.7 Å². The van der Waals surface area contributed by atoms with Crippen molar-refractivity contribution in [3.8, 4) is 0 Å². The Morgan fingerprint density at radius 3 is 2.38 bits per heavy atom. The number of nitrogens with zero attached hydrogens (tertiary/aromatic N) is 4. The number of rotatable bonds is 6. The maximum Gasteiger partial charge on any atom is 0.401 e. The number of hydrogen-bond donors (Lipinski definition) is 2. The topological polar surface area (TPSA) is 78.6 Å². The molecule has 0 amide bonds. The molecule has 1 aliphatic rings. The second-order valence-electron chi connectivity index (χ2n) is 8.24. The van der Waals surface area contributed by atoms with E-state index in [2.05, 4.69) is 25.8 Å². The first-order chi connectivity index (χ1) is 13.1. The smallest absolute Gasteiger partial charge is 0.356 e. The fourth-order valence-electron chi connectivity index (χ4n) is 3.10. The molecule has 29 heavy (non-hydrogen) atoms. The minimum atomic E-state index is -4.11. The maximum atomic E-state index is 12.4. The lowest BCUT2D eigenvalue weighted by molar-refractivity contribution is -0.148. The van der Waals surface area contributed by atoms with Crippen LogP contribution in [-0.4, -0.2) is 60.4 Å². The van der Waals surface area contributed by atoms with Crippen LogP contribution in [0, 0.1) is 5.92 Å². The van der Waals surface area contributed by atoms with E-state index in [1.165, 1.54) is 4.90 Å². The van der Waals surface area contributed by atoms with Crippen molar-refractivity contribution >= 4 is 29.9 Å². The minimum Gasteiger partial charge on any atom is -0.356 e. The van der Waals surface area contributed by atoms with Crippen molar-refractivity contribution < 1.29 is 17.7 Å². The molecule has 0 aliphatic carbocycles. The Balaban J connectivity index is 0.00000420. The van der Waals surface area contributed by atoms with Crippen LogP contribution in [0.5, 0.6) is 0 Å². The molecule has 0 saturated carbocycles. The highest BCUT2D eigenvalue weighted by molar-refractivity contribution is 14.0. The van der Waals surface area contributed by atoms with Gasteiger partial charge in [0.25, 0.3) is 0 Å². The second kappa shape index (κ2) is 11.3. The van der Waals surface area contributed by atoms with Crippen molar-refractivity contribution in [1.82, 2.24) is 25.7 Å². The Bertz CT molecular complexity index is 636. The third-order valence-corrected chi connectivity index (χ3v) is 4.70. The van der Waals surface area contributed by atoms with E-state index in [1.54, 1.807) is 7.05 Å². The molecule has 168 valence electrons. The zero-order valence-electron chi connectivity index (χ0n) is 17.5. The number of aliphatic imine (C=N–C) groups is 1. The van der Waals surface area contributed by atoms with Gasteiger partial charge in [0.05, 0.1) is 13.1 Å². The quantitative estimate of drug-likeness (QED) is 0.333. The van der Waals surface area contributed by atoms with Gasteiger partial charge in [-0.3, -0.25) is 9.89 Å². The maximum absolute atomic E-state index is 12.4. The summed E-state index contributed by atoms with van der Waals surface area (Å²) in [4.78, 5) is 10.0. The lowest BCUT2D eigenvalue weighted by atomic mass is 9.93. The van der Waals surface area contributed by atoms with Gasteiger partial charge in [0, 0.05) is 19.0 Å². The van der Waals surface area contributed by atoms with Crippen LogP contribution < -0.4 is 10.6 Å². The summed E-state index contributed by atoms with van der Waals surface area (Å²) < 4.78 is 42.6. The Labute approximate surface area is 187 Å². The molecule has 1 aromatic heterocycles. The van der Waals surface area contributed by atoms with Gasteiger partial charge in [0.1, 0.15) is 0 Å². The van der Waals surface area contributed by atoms with E-state index in [-0.39, 0.29) is 29.4 Å². The Morgan fingerprint density at radius 2 is 1.86 bits per heavy atom. The van der Waals surface area contributed by atoms with Gasteiger partial charge < -0.3 is 15.2 Å². The molecule has 1 saturated heterocycles. The van der Waals surface area contributed by atoms with Crippen LogP contribution in [-0.2, 0) is 12.0 Å². The van der Waals surface area contributed by atoms with Crippen molar-refractivity contribution in [3.05, 3.63) is 11.7 Å². The average Bonchev–Trinajstić information content (AvgIpc) is 3.07. The molecule has 1 aromatic rings. The average molecular weight is 532 g/mol. The van der Waals surface area contributed by atoms with E-state index < -0.39 is 12.7 Å². The highest BCUT2D eigenvalue weighted by Crippen LogP contribution is 2.24. The summed E-state index contributed by atoms with van der Waals surface area (Å²) in [6, 6.07) is 0. The van der Waals surface area contributed by atoms with Gasteiger partial charge in [-0.1, -0.05) is 25.9 Å². The molecule has 0 aromatic carbocycles. The normalized spacial score (nSPS) is 17.1.